The maximum Gasteiger partial charge on any atom is 0.407 e. The molecule has 3 heterocycles. The third-order valence-corrected chi connectivity index (χ3v) is 12.5. The first kappa shape index (κ1) is 55.8. The molecule has 1 fully saturated rings. The van der Waals surface area contributed by atoms with Crippen LogP contribution < -0.4 is 26.6 Å². The number of nitrogens with zero attached hydrogens (tertiary/aromatic N) is 5. The van der Waals surface area contributed by atoms with Crippen LogP contribution in [0.15, 0.2) is 91.1 Å². The molecule has 2 aliphatic rings. The summed E-state index contributed by atoms with van der Waals surface area (Å²) in [6.07, 6.45) is 5.65. The van der Waals surface area contributed by atoms with Gasteiger partial charge in [-0.15, -0.1) is 0 Å². The Kier molecular flexibility index (Phi) is 20.0. The average Bonchev–Trinajstić information content (AvgIpc) is 3.93. The van der Waals surface area contributed by atoms with Crippen molar-refractivity contribution in [2.75, 3.05) is 57.7 Å². The summed E-state index contributed by atoms with van der Waals surface area (Å²) in [6.45, 7) is 12.4. The molecule has 2 aliphatic heterocycles. The van der Waals surface area contributed by atoms with Crippen molar-refractivity contribution < 1.29 is 47.1 Å². The predicted octanol–water partition coefficient (Wildman–Crippen LogP) is 6.29. The minimum atomic E-state index is -0.871. The molecule has 0 saturated carbocycles. The molecule has 18 nitrogen and oxygen atoms in total. The van der Waals surface area contributed by atoms with Gasteiger partial charge in [0.2, 0.25) is 17.7 Å². The van der Waals surface area contributed by atoms with Crippen LogP contribution in [0.1, 0.15) is 89.7 Å². The monoisotopic (exact) mass is 1020 g/mol. The van der Waals surface area contributed by atoms with Crippen molar-refractivity contribution in [1.29, 1.82) is 0 Å². The van der Waals surface area contributed by atoms with Crippen LogP contribution in [0, 0.1) is 23.0 Å². The fraction of sp³-hybridized carbons (Fsp3) is 0.444. The van der Waals surface area contributed by atoms with E-state index < -0.39 is 47.0 Å². The lowest BCUT2D eigenvalue weighted by molar-refractivity contribution is -0.137. The molecular formula is C54H68F2N10O8. The molecule has 0 radical (unpaired) electrons. The number of halogens is 2. The summed E-state index contributed by atoms with van der Waals surface area (Å²) in [6, 6.07) is 17.8. The van der Waals surface area contributed by atoms with Crippen LogP contribution in [0.5, 0.6) is 0 Å². The lowest BCUT2D eigenvalue weighted by atomic mass is 9.84. The zero-order chi connectivity index (χ0) is 53.4. The molecule has 1 aromatic heterocycles. The normalized spacial score (nSPS) is 14.4. The summed E-state index contributed by atoms with van der Waals surface area (Å²) in [5, 5.41) is 14.1. The number of piperazine rings is 1. The molecule has 396 valence electrons. The number of urea groups is 1. The molecule has 0 aliphatic carbocycles. The Labute approximate surface area is 430 Å². The Hall–Kier alpha value is -7.48. The third-order valence-electron chi connectivity index (χ3n) is 12.5. The SMILES string of the molecule is CC(C)C(NC(=O)CCCCCN1C(=O)C=CC1=O)C(=O)NCC(=O)Nc1ccc(COC(=O)NCCCN(C(=O)N2CCNCC2)C(c2nc(-c3cc(F)ccc3F)cn2Cc2ccccc2)C(C)(C)C)cc1. The molecule has 2 atom stereocenters. The van der Waals surface area contributed by atoms with Crippen molar-refractivity contribution in [2.24, 2.45) is 11.3 Å². The van der Waals surface area contributed by atoms with Gasteiger partial charge in [0, 0.05) is 88.4 Å². The molecule has 1 saturated heterocycles. The molecule has 0 spiro atoms. The second kappa shape index (κ2) is 26.5. The number of hydrogen-bond donors (Lipinski definition) is 5. The number of alkyl carbamates (subject to hydrolysis) is 1. The lowest BCUT2D eigenvalue weighted by Crippen LogP contribution is -2.54. The van der Waals surface area contributed by atoms with Crippen molar-refractivity contribution in [3.8, 4) is 11.3 Å². The van der Waals surface area contributed by atoms with E-state index in [1.165, 1.54) is 12.2 Å². The molecule has 74 heavy (non-hydrogen) atoms. The van der Waals surface area contributed by atoms with E-state index in [0.29, 0.717) is 75.5 Å². The summed E-state index contributed by atoms with van der Waals surface area (Å²) < 4.78 is 37.2. The first-order valence-corrected chi connectivity index (χ1v) is 25.1. The van der Waals surface area contributed by atoms with E-state index in [0.717, 1.165) is 28.7 Å². The zero-order valence-corrected chi connectivity index (χ0v) is 42.8. The summed E-state index contributed by atoms with van der Waals surface area (Å²) >= 11 is 0. The number of carbonyl (C=O) groups excluding carboxylic acids is 7. The number of hydrogen-bond acceptors (Lipinski definition) is 10. The smallest absolute Gasteiger partial charge is 0.407 e. The number of benzene rings is 3. The fourth-order valence-corrected chi connectivity index (χ4v) is 8.72. The maximum absolute atomic E-state index is 15.3. The van der Waals surface area contributed by atoms with Crippen molar-refractivity contribution in [3.63, 3.8) is 0 Å². The van der Waals surface area contributed by atoms with Crippen LogP contribution in [-0.2, 0) is 41.9 Å². The minimum absolute atomic E-state index is 0.00474. The second-order valence-electron chi connectivity index (χ2n) is 19.8. The predicted molar refractivity (Wildman–Crippen MR) is 274 cm³/mol. The fourth-order valence-electron chi connectivity index (χ4n) is 8.72. The van der Waals surface area contributed by atoms with Gasteiger partial charge in [-0.25, -0.2) is 23.4 Å². The first-order valence-electron chi connectivity index (χ1n) is 25.1. The number of anilines is 1. The van der Waals surface area contributed by atoms with Gasteiger partial charge >= 0.3 is 12.1 Å². The number of nitrogens with one attached hydrogen (secondary N) is 5. The molecule has 8 amide bonds. The van der Waals surface area contributed by atoms with Gasteiger partial charge in [0.05, 0.1) is 18.3 Å². The van der Waals surface area contributed by atoms with Gasteiger partial charge < -0.3 is 45.7 Å². The maximum atomic E-state index is 15.3. The van der Waals surface area contributed by atoms with Gasteiger partial charge in [0.25, 0.3) is 11.8 Å². The van der Waals surface area contributed by atoms with Crippen LogP contribution in [0.4, 0.5) is 24.1 Å². The topological polar surface area (TPSA) is 216 Å². The molecular weight excluding hydrogens is 955 g/mol. The van der Waals surface area contributed by atoms with Gasteiger partial charge in [0.15, 0.2) is 0 Å². The second-order valence-corrected chi connectivity index (χ2v) is 19.8. The Morgan fingerprint density at radius 2 is 1.54 bits per heavy atom. The average molecular weight is 1020 g/mol. The standard InChI is InChI=1S/C54H68F2N10O8/c1-36(2)48(62-44(67)15-10-7-11-27-65-46(69)22-23-47(65)70)51(71)59-32-45(68)60-40-19-16-38(17-20-40)35-74-52(72)58-24-12-28-66(53(73)63-29-25-57-26-30-63)49(54(3,4)5)50-61-43(41-31-39(55)18-21-42(41)56)34-64(50)33-37-13-8-6-9-14-37/h6,8-9,13-14,16-23,31,34,36,48-49,57H,7,10-12,15,24-30,32-33,35H2,1-5H3,(H,58,72)(H,59,71)(H,60,68)(H,62,67). The van der Waals surface area contributed by atoms with E-state index >= 15 is 4.39 Å². The molecule has 6 rings (SSSR count). The number of imide groups is 1. The molecule has 0 bridgehead atoms. The zero-order valence-electron chi connectivity index (χ0n) is 42.8. The van der Waals surface area contributed by atoms with Crippen LogP contribution >= 0.6 is 0 Å². The summed E-state index contributed by atoms with van der Waals surface area (Å²) in [4.78, 5) is 99.0. The summed E-state index contributed by atoms with van der Waals surface area (Å²) in [5.41, 5.74) is 1.66. The molecule has 4 aromatic rings. The van der Waals surface area contributed by atoms with Crippen LogP contribution in [0.2, 0.25) is 0 Å². The van der Waals surface area contributed by atoms with E-state index in [1.54, 1.807) is 54.1 Å². The summed E-state index contributed by atoms with van der Waals surface area (Å²) in [5.74, 6) is -3.02. The Bertz CT molecular complexity index is 2610. The van der Waals surface area contributed by atoms with E-state index in [2.05, 4.69) is 26.6 Å². The van der Waals surface area contributed by atoms with E-state index in [-0.39, 0.29) is 80.1 Å². The first-order chi connectivity index (χ1) is 35.4. The highest BCUT2D eigenvalue weighted by Gasteiger charge is 2.40. The lowest BCUT2D eigenvalue weighted by Gasteiger charge is -2.43. The number of ether oxygens (including phenoxy) is 1. The van der Waals surface area contributed by atoms with Gasteiger partial charge in [-0.2, -0.15) is 0 Å². The number of rotatable bonds is 23. The highest BCUT2D eigenvalue weighted by Crippen LogP contribution is 2.40. The molecule has 2 unspecified atom stereocenters. The number of imidazole rings is 1. The van der Waals surface area contributed by atoms with Gasteiger partial charge in [-0.05, 0) is 72.1 Å². The largest absolute Gasteiger partial charge is 0.445 e. The van der Waals surface area contributed by atoms with Crippen molar-refractivity contribution in [3.05, 3.63) is 120 Å². The van der Waals surface area contributed by atoms with E-state index in [1.807, 2.05) is 55.7 Å². The van der Waals surface area contributed by atoms with E-state index in [9.17, 15) is 38.0 Å². The molecule has 3 aromatic carbocycles. The van der Waals surface area contributed by atoms with Gasteiger partial charge in [-0.3, -0.25) is 28.9 Å². The van der Waals surface area contributed by atoms with Crippen molar-refractivity contribution in [2.45, 2.75) is 92.0 Å². The number of amides is 8. The number of unbranched alkanes of at least 4 members (excludes halogenated alkanes) is 2. The van der Waals surface area contributed by atoms with Crippen LogP contribution in [0.3, 0.4) is 0 Å². The summed E-state index contributed by atoms with van der Waals surface area (Å²) in [7, 11) is 0. The van der Waals surface area contributed by atoms with Gasteiger partial charge in [-0.1, -0.05) is 83.5 Å². The van der Waals surface area contributed by atoms with Crippen molar-refractivity contribution in [1.82, 2.24) is 45.5 Å². The highest BCUT2D eigenvalue weighted by molar-refractivity contribution is 6.12. The van der Waals surface area contributed by atoms with E-state index in [4.69, 9.17) is 9.72 Å². The number of carbonyl (C=O) groups is 7. The van der Waals surface area contributed by atoms with Crippen molar-refractivity contribution >= 4 is 47.3 Å². The Balaban J connectivity index is 0.990. The highest BCUT2D eigenvalue weighted by atomic mass is 19.1. The number of aromatic nitrogens is 2. The molecule has 5 N–H and O–H groups in total. The van der Waals surface area contributed by atoms with Crippen LogP contribution in [0.25, 0.3) is 11.3 Å². The Morgan fingerprint density at radius 1 is 0.838 bits per heavy atom. The van der Waals surface area contributed by atoms with Crippen LogP contribution in [-0.4, -0.2) is 124 Å². The Morgan fingerprint density at radius 3 is 2.22 bits per heavy atom. The third kappa shape index (κ3) is 16.0. The molecule has 20 heteroatoms. The quantitative estimate of drug-likeness (QED) is 0.0414. The minimum Gasteiger partial charge on any atom is -0.445 e. The van der Waals surface area contributed by atoms with Gasteiger partial charge in [0.1, 0.15) is 30.1 Å².